The zero-order valence-electron chi connectivity index (χ0n) is 21.3. The van der Waals surface area contributed by atoms with E-state index in [1.54, 1.807) is 0 Å². The van der Waals surface area contributed by atoms with Gasteiger partial charge in [-0.3, -0.25) is 4.79 Å². The van der Waals surface area contributed by atoms with E-state index in [4.69, 9.17) is 4.74 Å². The first-order valence-electron chi connectivity index (χ1n) is 12.3. The maximum Gasteiger partial charge on any atom is 0.327 e. The third-order valence-corrected chi connectivity index (χ3v) is 7.26. The Morgan fingerprint density at radius 1 is 1.09 bits per heavy atom. The molecule has 1 aliphatic rings. The first-order chi connectivity index (χ1) is 16.2. The highest BCUT2D eigenvalue weighted by molar-refractivity contribution is 6.03. The Bertz CT molecular complexity index is 1000. The molecule has 34 heavy (non-hydrogen) atoms. The second kappa shape index (κ2) is 10.6. The van der Waals surface area contributed by atoms with Gasteiger partial charge in [0.15, 0.2) is 6.23 Å². The molecule has 0 saturated carbocycles. The minimum atomic E-state index is -0.737. The molecule has 6 nitrogen and oxygen atoms in total. The van der Waals surface area contributed by atoms with Crippen molar-refractivity contribution in [1.29, 1.82) is 0 Å². The minimum Gasteiger partial charge on any atom is -0.469 e. The number of nitrogens with zero attached hydrogens (tertiary/aromatic N) is 1. The van der Waals surface area contributed by atoms with Gasteiger partial charge in [0.1, 0.15) is 11.2 Å². The summed E-state index contributed by atoms with van der Waals surface area (Å²) in [5.41, 5.74) is 4.14. The summed E-state index contributed by atoms with van der Waals surface area (Å²) in [5.74, 6) is 0.400. The number of aryl methyl sites for hydroxylation is 3. The van der Waals surface area contributed by atoms with Gasteiger partial charge in [0.2, 0.25) is 5.91 Å². The second-order valence-corrected chi connectivity index (χ2v) is 9.40. The molecule has 6 heteroatoms. The van der Waals surface area contributed by atoms with E-state index in [1.807, 2.05) is 71.0 Å². The molecule has 2 aromatic rings. The lowest BCUT2D eigenvalue weighted by Gasteiger charge is -2.53. The van der Waals surface area contributed by atoms with E-state index >= 15 is 0 Å². The molecule has 0 aliphatic carbocycles. The number of amides is 3. The van der Waals surface area contributed by atoms with Gasteiger partial charge in [-0.2, -0.15) is 0 Å². The average molecular weight is 467 g/mol. The van der Waals surface area contributed by atoms with Gasteiger partial charge in [0.05, 0.1) is 12.6 Å². The van der Waals surface area contributed by atoms with Crippen LogP contribution < -0.4 is 10.1 Å². The normalized spacial score (nSPS) is 17.8. The van der Waals surface area contributed by atoms with Crippen molar-refractivity contribution in [3.63, 3.8) is 0 Å². The van der Waals surface area contributed by atoms with E-state index in [-0.39, 0.29) is 18.6 Å². The van der Waals surface area contributed by atoms with Crippen LogP contribution in [-0.2, 0) is 11.4 Å². The van der Waals surface area contributed by atoms with Gasteiger partial charge in [-0.25, -0.2) is 9.69 Å². The molecule has 1 heterocycles. The molecule has 0 radical (unpaired) electrons. The van der Waals surface area contributed by atoms with Crippen LogP contribution in [0.4, 0.5) is 4.79 Å². The monoisotopic (exact) mass is 466 g/mol. The number of urea groups is 1. The molecule has 1 aliphatic heterocycles. The van der Waals surface area contributed by atoms with E-state index in [0.29, 0.717) is 18.6 Å². The largest absolute Gasteiger partial charge is 0.469 e. The number of hydrogen-bond donors (Lipinski definition) is 2. The number of benzene rings is 2. The molecule has 2 aromatic carbocycles. The standard InChI is InChI=1S/C28H38N2O4/c1-7-10-24(21-13-11-18(4)12-14-21)29-27(33)30-25(32)28(8-2,9-3)26(30)34-22-15-19(5)23(17-31)20(6)16-22/h11-16,24,26,31H,7-10,17H2,1-6H3,(H,29,33)/t24-,26+/m1/s1. The fourth-order valence-corrected chi connectivity index (χ4v) is 4.93. The maximum atomic E-state index is 13.4. The molecule has 2 N–H and O–H groups in total. The third-order valence-electron chi connectivity index (χ3n) is 7.26. The Hall–Kier alpha value is -2.86. The summed E-state index contributed by atoms with van der Waals surface area (Å²) >= 11 is 0. The Balaban J connectivity index is 1.88. The SMILES string of the molecule is CCC[C@@H](NC(=O)N1C(=O)C(CC)(CC)[C@@H]1Oc1cc(C)c(CO)c(C)c1)c1ccc(C)cc1. The number of hydrogen-bond acceptors (Lipinski definition) is 4. The molecule has 3 rings (SSSR count). The number of rotatable bonds is 9. The average Bonchev–Trinajstić information content (AvgIpc) is 2.80. The van der Waals surface area contributed by atoms with Crippen LogP contribution in [0, 0.1) is 26.2 Å². The molecule has 0 bridgehead atoms. The fraction of sp³-hybridized carbons (Fsp3) is 0.500. The molecule has 1 fully saturated rings. The number of carbonyl (C=O) groups excluding carboxylic acids is 2. The van der Waals surface area contributed by atoms with Crippen molar-refractivity contribution in [2.75, 3.05) is 0 Å². The maximum absolute atomic E-state index is 13.4. The molecular formula is C28H38N2O4. The van der Waals surface area contributed by atoms with Gasteiger partial charge < -0.3 is 15.2 Å². The number of aliphatic hydroxyl groups excluding tert-OH is 1. The van der Waals surface area contributed by atoms with E-state index in [0.717, 1.165) is 40.7 Å². The second-order valence-electron chi connectivity index (χ2n) is 9.40. The highest BCUT2D eigenvalue weighted by atomic mass is 16.5. The lowest BCUT2D eigenvalue weighted by Crippen LogP contribution is -2.73. The van der Waals surface area contributed by atoms with Crippen molar-refractivity contribution in [2.45, 2.75) is 86.1 Å². The molecule has 0 unspecified atom stereocenters. The number of ether oxygens (including phenoxy) is 1. The van der Waals surface area contributed by atoms with Crippen molar-refractivity contribution in [1.82, 2.24) is 10.2 Å². The van der Waals surface area contributed by atoms with Gasteiger partial charge >= 0.3 is 6.03 Å². The summed E-state index contributed by atoms with van der Waals surface area (Å²) in [7, 11) is 0. The van der Waals surface area contributed by atoms with Crippen LogP contribution in [0.5, 0.6) is 5.75 Å². The van der Waals surface area contributed by atoms with Crippen LogP contribution in [0.15, 0.2) is 36.4 Å². The Labute approximate surface area is 203 Å². The number of nitrogens with one attached hydrogen (secondary N) is 1. The predicted octanol–water partition coefficient (Wildman–Crippen LogP) is 5.71. The molecule has 2 atom stereocenters. The summed E-state index contributed by atoms with van der Waals surface area (Å²) in [5, 5.41) is 12.7. The van der Waals surface area contributed by atoms with Gasteiger partial charge in [0.25, 0.3) is 0 Å². The summed E-state index contributed by atoms with van der Waals surface area (Å²) in [6, 6.07) is 11.2. The van der Waals surface area contributed by atoms with Crippen LogP contribution in [0.3, 0.4) is 0 Å². The molecular weight excluding hydrogens is 428 g/mol. The van der Waals surface area contributed by atoms with Gasteiger partial charge in [0, 0.05) is 0 Å². The Morgan fingerprint density at radius 2 is 1.68 bits per heavy atom. The topological polar surface area (TPSA) is 78.9 Å². The first kappa shape index (κ1) is 25.8. The number of carbonyl (C=O) groups is 2. The first-order valence-corrected chi connectivity index (χ1v) is 12.3. The smallest absolute Gasteiger partial charge is 0.327 e. The van der Waals surface area contributed by atoms with Crippen LogP contribution in [-0.4, -0.2) is 28.2 Å². The van der Waals surface area contributed by atoms with Crippen molar-refractivity contribution in [2.24, 2.45) is 5.41 Å². The number of β-lactam (4-membered cyclic amide) rings is 1. The van der Waals surface area contributed by atoms with Gasteiger partial charge in [-0.05, 0) is 74.4 Å². The fourth-order valence-electron chi connectivity index (χ4n) is 4.93. The molecule has 184 valence electrons. The molecule has 3 amide bonds. The van der Waals surface area contributed by atoms with Gasteiger partial charge in [-0.1, -0.05) is 57.0 Å². The minimum absolute atomic E-state index is 0.0416. The summed E-state index contributed by atoms with van der Waals surface area (Å²) in [6.07, 6.45) is 2.15. The molecule has 0 spiro atoms. The van der Waals surface area contributed by atoms with Crippen LogP contribution in [0.2, 0.25) is 0 Å². The van der Waals surface area contributed by atoms with E-state index in [9.17, 15) is 14.7 Å². The number of likely N-dealkylation sites (tertiary alicyclic amines) is 1. The van der Waals surface area contributed by atoms with Crippen LogP contribution in [0.25, 0.3) is 0 Å². The Kier molecular flexibility index (Phi) is 8.03. The van der Waals surface area contributed by atoms with Crippen molar-refractivity contribution in [3.8, 4) is 5.75 Å². The Morgan fingerprint density at radius 3 is 2.18 bits per heavy atom. The van der Waals surface area contributed by atoms with Crippen LogP contribution in [0.1, 0.15) is 80.3 Å². The lowest BCUT2D eigenvalue weighted by molar-refractivity contribution is -0.191. The number of imide groups is 1. The highest BCUT2D eigenvalue weighted by Gasteiger charge is 2.63. The highest BCUT2D eigenvalue weighted by Crippen LogP contribution is 2.46. The van der Waals surface area contributed by atoms with Crippen molar-refractivity contribution < 1.29 is 19.4 Å². The van der Waals surface area contributed by atoms with E-state index in [2.05, 4.69) is 12.2 Å². The van der Waals surface area contributed by atoms with E-state index in [1.165, 1.54) is 4.90 Å². The zero-order chi connectivity index (χ0) is 25.0. The zero-order valence-corrected chi connectivity index (χ0v) is 21.3. The number of aliphatic hydroxyl groups is 1. The quantitative estimate of drug-likeness (QED) is 0.464. The summed E-state index contributed by atoms with van der Waals surface area (Å²) < 4.78 is 6.34. The summed E-state index contributed by atoms with van der Waals surface area (Å²) in [6.45, 7) is 11.8. The van der Waals surface area contributed by atoms with Crippen molar-refractivity contribution in [3.05, 3.63) is 64.2 Å². The lowest BCUT2D eigenvalue weighted by atomic mass is 9.72. The van der Waals surface area contributed by atoms with Gasteiger partial charge in [-0.15, -0.1) is 0 Å². The molecule has 0 aromatic heterocycles. The van der Waals surface area contributed by atoms with Crippen LogP contribution >= 0.6 is 0 Å². The van der Waals surface area contributed by atoms with E-state index < -0.39 is 17.7 Å². The third kappa shape index (κ3) is 4.69. The molecule has 1 saturated heterocycles. The van der Waals surface area contributed by atoms with Crippen molar-refractivity contribution >= 4 is 11.9 Å². The summed E-state index contributed by atoms with van der Waals surface area (Å²) in [4.78, 5) is 27.9. The predicted molar refractivity (Wildman–Crippen MR) is 133 cm³/mol.